The van der Waals surface area contributed by atoms with Gasteiger partial charge >= 0.3 is 0 Å². The van der Waals surface area contributed by atoms with Gasteiger partial charge in [0.1, 0.15) is 12.1 Å². The highest BCUT2D eigenvalue weighted by molar-refractivity contribution is 6.30. The first-order valence-corrected chi connectivity index (χ1v) is 11.8. The number of halogens is 3. The van der Waals surface area contributed by atoms with Gasteiger partial charge in [-0.2, -0.15) is 0 Å². The van der Waals surface area contributed by atoms with Gasteiger partial charge in [-0.05, 0) is 30.0 Å². The van der Waals surface area contributed by atoms with E-state index >= 15 is 0 Å². The first-order chi connectivity index (χ1) is 15.3. The maximum Gasteiger partial charge on any atom is 0.231 e. The highest BCUT2D eigenvalue weighted by atomic mass is 35.5. The van der Waals surface area contributed by atoms with Crippen molar-refractivity contribution in [3.8, 4) is 0 Å². The largest absolute Gasteiger partial charge is 0.387 e. The Morgan fingerprint density at radius 2 is 1.79 bits per heavy atom. The number of aromatic nitrogens is 2. The summed E-state index contributed by atoms with van der Waals surface area (Å²) >= 11 is 6.06. The van der Waals surface area contributed by atoms with E-state index in [1.807, 2.05) is 29.2 Å². The molecule has 34 heavy (non-hydrogen) atoms. The fourth-order valence-electron chi connectivity index (χ4n) is 4.71. The second-order valence-corrected chi connectivity index (χ2v) is 9.56. The lowest BCUT2D eigenvalue weighted by Crippen LogP contribution is -2.51. The molecule has 2 aromatic rings. The first-order valence-electron chi connectivity index (χ1n) is 11.4. The van der Waals surface area contributed by atoms with Crippen molar-refractivity contribution < 1.29 is 9.90 Å². The Hall–Kier alpha value is -1.64. The van der Waals surface area contributed by atoms with Crippen LogP contribution >= 0.6 is 36.4 Å². The number of piperazine rings is 1. The number of anilines is 1. The number of nitrogens with one attached hydrogen (secondary N) is 1. The van der Waals surface area contributed by atoms with Gasteiger partial charge in [0.2, 0.25) is 5.91 Å². The van der Waals surface area contributed by atoms with Crippen molar-refractivity contribution in [2.75, 3.05) is 37.6 Å². The number of rotatable bonds is 6. The van der Waals surface area contributed by atoms with E-state index in [0.717, 1.165) is 22.6 Å². The van der Waals surface area contributed by atoms with E-state index in [0.29, 0.717) is 50.2 Å². The Morgan fingerprint density at radius 3 is 2.41 bits per heavy atom. The molecule has 1 saturated heterocycles. The molecular weight excluding hydrogens is 497 g/mol. The number of amides is 1. The number of carbonyl (C=O) groups excluding carboxylic acids is 1. The normalized spacial score (nSPS) is 20.4. The van der Waals surface area contributed by atoms with Crippen molar-refractivity contribution in [1.82, 2.24) is 20.2 Å². The smallest absolute Gasteiger partial charge is 0.231 e. The molecule has 1 aromatic carbocycles. The molecule has 2 aliphatic rings. The third-order valence-corrected chi connectivity index (χ3v) is 6.72. The summed E-state index contributed by atoms with van der Waals surface area (Å²) in [5.41, 5.74) is 2.79. The zero-order valence-corrected chi connectivity index (χ0v) is 22.2. The molecule has 2 heterocycles. The molecule has 1 aromatic heterocycles. The van der Waals surface area contributed by atoms with Crippen LogP contribution in [-0.2, 0) is 4.79 Å². The van der Waals surface area contributed by atoms with E-state index < -0.39 is 6.10 Å². The first kappa shape index (κ1) is 28.6. The zero-order valence-electron chi connectivity index (χ0n) is 19.8. The van der Waals surface area contributed by atoms with Gasteiger partial charge in [-0.3, -0.25) is 4.79 Å². The second kappa shape index (κ2) is 12.4. The molecule has 1 fully saturated rings. The number of carbonyl (C=O) groups is 1. The van der Waals surface area contributed by atoms with E-state index in [1.54, 1.807) is 6.33 Å². The Morgan fingerprint density at radius 1 is 1.15 bits per heavy atom. The van der Waals surface area contributed by atoms with Gasteiger partial charge in [-0.15, -0.1) is 24.8 Å². The van der Waals surface area contributed by atoms with Crippen molar-refractivity contribution in [1.29, 1.82) is 0 Å². The van der Waals surface area contributed by atoms with Crippen molar-refractivity contribution in [3.05, 3.63) is 52.4 Å². The van der Waals surface area contributed by atoms with Crippen LogP contribution in [0.4, 0.5) is 5.82 Å². The van der Waals surface area contributed by atoms with Crippen molar-refractivity contribution in [3.63, 3.8) is 0 Å². The summed E-state index contributed by atoms with van der Waals surface area (Å²) in [4.78, 5) is 26.5. The van der Waals surface area contributed by atoms with Gasteiger partial charge < -0.3 is 20.2 Å². The molecule has 4 rings (SSSR count). The minimum Gasteiger partial charge on any atom is -0.387 e. The Kier molecular flexibility index (Phi) is 10.4. The topological polar surface area (TPSA) is 81.6 Å². The molecule has 188 valence electrons. The van der Waals surface area contributed by atoms with Crippen LogP contribution in [0.3, 0.4) is 0 Å². The summed E-state index contributed by atoms with van der Waals surface area (Å²) in [6.45, 7) is 9.57. The molecule has 0 bridgehead atoms. The predicted molar refractivity (Wildman–Crippen MR) is 141 cm³/mol. The quantitative estimate of drug-likeness (QED) is 0.589. The number of aliphatic hydroxyl groups is 1. The second-order valence-electron chi connectivity index (χ2n) is 9.13. The molecule has 7 nitrogen and oxygen atoms in total. The third kappa shape index (κ3) is 6.13. The molecule has 0 spiro atoms. The summed E-state index contributed by atoms with van der Waals surface area (Å²) < 4.78 is 0. The summed E-state index contributed by atoms with van der Waals surface area (Å²) in [7, 11) is 0. The Balaban J connectivity index is 0.00000204. The minimum absolute atomic E-state index is 0. The summed E-state index contributed by atoms with van der Waals surface area (Å²) in [6, 6.07) is 7.87. The van der Waals surface area contributed by atoms with E-state index in [2.05, 4.69) is 41.0 Å². The Bertz CT molecular complexity index is 952. The van der Waals surface area contributed by atoms with E-state index in [9.17, 15) is 9.90 Å². The van der Waals surface area contributed by atoms with Gasteiger partial charge in [0.25, 0.3) is 0 Å². The fourth-order valence-corrected chi connectivity index (χ4v) is 4.84. The molecule has 1 amide bonds. The van der Waals surface area contributed by atoms with Crippen molar-refractivity contribution in [2.45, 2.75) is 51.2 Å². The van der Waals surface area contributed by atoms with Gasteiger partial charge in [-0.1, -0.05) is 44.5 Å². The molecule has 2 N–H and O–H groups in total. The van der Waals surface area contributed by atoms with E-state index in [4.69, 9.17) is 11.6 Å². The number of aliphatic hydroxyl groups excluding tert-OH is 1. The third-order valence-electron chi connectivity index (χ3n) is 6.47. The van der Waals surface area contributed by atoms with Crippen molar-refractivity contribution in [2.24, 2.45) is 0 Å². The van der Waals surface area contributed by atoms with Crippen LogP contribution in [0, 0.1) is 0 Å². The zero-order chi connectivity index (χ0) is 22.8. The van der Waals surface area contributed by atoms with Crippen LogP contribution in [0.15, 0.2) is 30.6 Å². The fraction of sp³-hybridized carbons (Fsp3) is 0.542. The van der Waals surface area contributed by atoms with Gasteiger partial charge in [0.15, 0.2) is 0 Å². The molecule has 10 heteroatoms. The lowest BCUT2D eigenvalue weighted by Gasteiger charge is -2.38. The minimum atomic E-state index is -0.516. The summed E-state index contributed by atoms with van der Waals surface area (Å²) in [6.07, 6.45) is 1.71. The molecule has 0 unspecified atom stereocenters. The highest BCUT2D eigenvalue weighted by Crippen LogP contribution is 2.42. The number of nitrogens with zero attached hydrogens (tertiary/aromatic N) is 4. The maximum absolute atomic E-state index is 13.5. The molecule has 1 aliphatic carbocycles. The maximum atomic E-state index is 13.5. The number of fused-ring (bicyclic) bond motifs is 1. The number of hydrogen-bond acceptors (Lipinski definition) is 6. The van der Waals surface area contributed by atoms with E-state index in [1.165, 1.54) is 0 Å². The van der Waals surface area contributed by atoms with Gasteiger partial charge in [0, 0.05) is 49.4 Å². The molecule has 1 aliphatic heterocycles. The SMILES string of the molecule is CC(C)NC[C@H](C(=O)N1CCN(c2ncnc3c2[C@@H](C)C[C@@H]3O)CC1)c1ccc(Cl)cc1.Cl.Cl. The highest BCUT2D eigenvalue weighted by Gasteiger charge is 2.35. The van der Waals surface area contributed by atoms with Crippen LogP contribution in [0.2, 0.25) is 5.02 Å². The number of hydrogen-bond donors (Lipinski definition) is 2. The van der Waals surface area contributed by atoms with E-state index in [-0.39, 0.29) is 42.6 Å². The average molecular weight is 531 g/mol. The lowest BCUT2D eigenvalue weighted by molar-refractivity contribution is -0.133. The Labute approximate surface area is 219 Å². The van der Waals surface area contributed by atoms with Gasteiger partial charge in [-0.25, -0.2) is 9.97 Å². The number of benzene rings is 1. The molecule has 3 atom stereocenters. The monoisotopic (exact) mass is 529 g/mol. The lowest BCUT2D eigenvalue weighted by atomic mass is 9.96. The van der Waals surface area contributed by atoms with Crippen LogP contribution in [-0.4, -0.2) is 64.6 Å². The predicted octanol–water partition coefficient (Wildman–Crippen LogP) is 3.94. The summed E-state index contributed by atoms with van der Waals surface area (Å²) in [5.74, 6) is 1.02. The molecule has 0 radical (unpaired) electrons. The standard InChI is InChI=1S/C24H32ClN5O2.2ClH/c1-15(2)26-13-19(17-4-6-18(25)7-5-17)24(32)30-10-8-29(9-11-30)23-21-16(3)12-20(31)22(21)27-14-28-23;;/h4-7,14-16,19-20,26,31H,8-13H2,1-3H3;2*1H/t16-,19-,20-;;/m0../s1. The van der Waals surface area contributed by atoms with Crippen LogP contribution in [0.25, 0.3) is 0 Å². The van der Waals surface area contributed by atoms with Crippen LogP contribution in [0.5, 0.6) is 0 Å². The van der Waals surface area contributed by atoms with Crippen LogP contribution < -0.4 is 10.2 Å². The van der Waals surface area contributed by atoms with Gasteiger partial charge in [0.05, 0.1) is 17.7 Å². The average Bonchev–Trinajstić information content (AvgIpc) is 3.08. The molecule has 0 saturated carbocycles. The van der Waals surface area contributed by atoms with Crippen molar-refractivity contribution >= 4 is 48.1 Å². The molecular formula is C24H34Cl3N5O2. The summed E-state index contributed by atoms with van der Waals surface area (Å²) in [5, 5.41) is 14.4. The van der Waals surface area contributed by atoms with Crippen LogP contribution in [0.1, 0.15) is 62.0 Å².